The predicted molar refractivity (Wildman–Crippen MR) is 149 cm³/mol. The third-order valence-corrected chi connectivity index (χ3v) is 6.96. The summed E-state index contributed by atoms with van der Waals surface area (Å²) < 4.78 is 5.21. The van der Waals surface area contributed by atoms with E-state index in [-0.39, 0.29) is 11.6 Å². The highest BCUT2D eigenvalue weighted by Crippen LogP contribution is 2.29. The molecule has 1 amide bonds. The van der Waals surface area contributed by atoms with Crippen molar-refractivity contribution in [3.8, 4) is 17.1 Å². The second-order valence-electron chi connectivity index (χ2n) is 9.41. The van der Waals surface area contributed by atoms with Crippen LogP contribution in [0.2, 0.25) is 0 Å². The first-order valence-electron chi connectivity index (χ1n) is 12.8. The number of aryl methyl sites for hydroxylation is 1. The highest BCUT2D eigenvalue weighted by Gasteiger charge is 2.26. The van der Waals surface area contributed by atoms with Crippen molar-refractivity contribution in [2.24, 2.45) is 0 Å². The lowest BCUT2D eigenvalue weighted by molar-refractivity contribution is -0.384. The van der Waals surface area contributed by atoms with E-state index >= 15 is 0 Å². The molecule has 0 N–H and O–H groups in total. The number of nitrogens with zero attached hydrogens (tertiary/aromatic N) is 5. The molecule has 198 valence electrons. The molecular formula is C30H29N5O4. The first-order chi connectivity index (χ1) is 18.9. The molecule has 0 unspecified atom stereocenters. The van der Waals surface area contributed by atoms with Crippen LogP contribution < -0.4 is 9.64 Å². The van der Waals surface area contributed by atoms with Crippen LogP contribution >= 0.6 is 0 Å². The fraction of sp³-hybridized carbons (Fsp3) is 0.233. The minimum Gasteiger partial charge on any atom is -0.497 e. The third kappa shape index (κ3) is 5.72. The summed E-state index contributed by atoms with van der Waals surface area (Å²) in [5.41, 5.74) is 4.38. The normalized spacial score (nSPS) is 13.3. The van der Waals surface area contributed by atoms with Crippen molar-refractivity contribution in [1.29, 1.82) is 0 Å². The summed E-state index contributed by atoms with van der Waals surface area (Å²) in [4.78, 5) is 37.7. The number of piperazine rings is 1. The molecule has 0 radical (unpaired) electrons. The molecule has 1 aliphatic rings. The van der Waals surface area contributed by atoms with Gasteiger partial charge in [-0.1, -0.05) is 42.5 Å². The van der Waals surface area contributed by atoms with Gasteiger partial charge in [-0.3, -0.25) is 14.9 Å². The maximum absolute atomic E-state index is 13.1. The summed E-state index contributed by atoms with van der Waals surface area (Å²) in [6.07, 6.45) is 0.541. The van der Waals surface area contributed by atoms with Gasteiger partial charge < -0.3 is 14.5 Å². The Morgan fingerprint density at radius 3 is 2.21 bits per heavy atom. The standard InChI is InChI=1S/C30H29N5O4/c1-21-27(20-22-8-12-25(13-9-22)35(37)38)29(32-28(31-21)23-6-4-3-5-7-23)33-16-18-34(19-17-33)30(36)24-10-14-26(39-2)15-11-24/h3-15H,16-20H2,1-2H3. The molecule has 0 spiro atoms. The maximum Gasteiger partial charge on any atom is 0.269 e. The number of nitro groups is 1. The molecule has 3 aromatic carbocycles. The molecule has 4 aromatic rings. The van der Waals surface area contributed by atoms with Crippen LogP contribution in [-0.2, 0) is 6.42 Å². The quantitative estimate of drug-likeness (QED) is 0.250. The summed E-state index contributed by atoms with van der Waals surface area (Å²) in [6, 6.07) is 23.6. The van der Waals surface area contributed by atoms with Gasteiger partial charge in [-0.05, 0) is 36.8 Å². The van der Waals surface area contributed by atoms with Crippen LogP contribution in [0.4, 0.5) is 11.5 Å². The Hall–Kier alpha value is -4.79. The zero-order valence-electron chi connectivity index (χ0n) is 21.9. The van der Waals surface area contributed by atoms with E-state index in [4.69, 9.17) is 14.7 Å². The lowest BCUT2D eigenvalue weighted by atomic mass is 10.0. The van der Waals surface area contributed by atoms with Gasteiger partial charge in [0.05, 0.1) is 12.0 Å². The average Bonchev–Trinajstić information content (AvgIpc) is 2.98. The highest BCUT2D eigenvalue weighted by molar-refractivity contribution is 5.94. The highest BCUT2D eigenvalue weighted by atomic mass is 16.6. The van der Waals surface area contributed by atoms with Gasteiger partial charge in [-0.15, -0.1) is 0 Å². The number of methoxy groups -OCH3 is 1. The van der Waals surface area contributed by atoms with E-state index in [1.54, 1.807) is 43.5 Å². The molecule has 0 saturated carbocycles. The molecule has 2 heterocycles. The van der Waals surface area contributed by atoms with Crippen molar-refractivity contribution < 1.29 is 14.5 Å². The molecule has 0 aliphatic carbocycles. The number of hydrogen-bond donors (Lipinski definition) is 0. The number of hydrogen-bond acceptors (Lipinski definition) is 7. The number of carbonyl (C=O) groups excluding carboxylic acids is 1. The Bertz CT molecular complexity index is 1470. The van der Waals surface area contributed by atoms with Crippen molar-refractivity contribution in [2.75, 3.05) is 38.2 Å². The Balaban J connectivity index is 1.41. The summed E-state index contributed by atoms with van der Waals surface area (Å²) >= 11 is 0. The van der Waals surface area contributed by atoms with Crippen molar-refractivity contribution in [3.63, 3.8) is 0 Å². The Labute approximate surface area is 226 Å². The van der Waals surface area contributed by atoms with E-state index in [1.165, 1.54) is 12.1 Å². The van der Waals surface area contributed by atoms with Gasteiger partial charge in [-0.25, -0.2) is 9.97 Å². The zero-order chi connectivity index (χ0) is 27.4. The fourth-order valence-corrected chi connectivity index (χ4v) is 4.74. The molecule has 0 bridgehead atoms. The van der Waals surface area contributed by atoms with E-state index in [1.807, 2.05) is 42.2 Å². The van der Waals surface area contributed by atoms with Crippen molar-refractivity contribution in [2.45, 2.75) is 13.3 Å². The van der Waals surface area contributed by atoms with Crippen molar-refractivity contribution in [1.82, 2.24) is 14.9 Å². The molecule has 9 nitrogen and oxygen atoms in total. The van der Waals surface area contributed by atoms with Crippen molar-refractivity contribution in [3.05, 3.63) is 111 Å². The Morgan fingerprint density at radius 1 is 0.923 bits per heavy atom. The number of benzene rings is 3. The first-order valence-corrected chi connectivity index (χ1v) is 12.8. The monoisotopic (exact) mass is 523 g/mol. The van der Waals surface area contributed by atoms with Crippen LogP contribution in [0.15, 0.2) is 78.9 Å². The summed E-state index contributed by atoms with van der Waals surface area (Å²) in [5.74, 6) is 2.18. The number of carbonyl (C=O) groups is 1. The second-order valence-corrected chi connectivity index (χ2v) is 9.41. The molecular weight excluding hydrogens is 494 g/mol. The maximum atomic E-state index is 13.1. The molecule has 1 aromatic heterocycles. The van der Waals surface area contributed by atoms with Gasteiger partial charge in [0.25, 0.3) is 11.6 Å². The van der Waals surface area contributed by atoms with Crippen LogP contribution in [0, 0.1) is 17.0 Å². The summed E-state index contributed by atoms with van der Waals surface area (Å²) in [5, 5.41) is 11.1. The van der Waals surface area contributed by atoms with Crippen LogP contribution in [0.25, 0.3) is 11.4 Å². The van der Waals surface area contributed by atoms with E-state index in [2.05, 4.69) is 4.90 Å². The van der Waals surface area contributed by atoms with Gasteiger partial charge in [0.15, 0.2) is 5.82 Å². The predicted octanol–water partition coefficient (Wildman–Crippen LogP) is 4.92. The molecule has 9 heteroatoms. The SMILES string of the molecule is COc1ccc(C(=O)N2CCN(c3nc(-c4ccccc4)nc(C)c3Cc3ccc([N+](=O)[O-])cc3)CC2)cc1. The van der Waals surface area contributed by atoms with Crippen LogP contribution in [0.1, 0.15) is 27.2 Å². The van der Waals surface area contributed by atoms with Gasteiger partial charge >= 0.3 is 0 Å². The molecule has 5 rings (SSSR count). The Kier molecular flexibility index (Phi) is 7.49. The molecule has 1 fully saturated rings. The zero-order valence-corrected chi connectivity index (χ0v) is 21.9. The van der Waals surface area contributed by atoms with Gasteiger partial charge in [0.2, 0.25) is 0 Å². The number of nitro benzene ring substituents is 1. The smallest absolute Gasteiger partial charge is 0.269 e. The molecule has 0 atom stereocenters. The van der Waals surface area contributed by atoms with Crippen LogP contribution in [0.5, 0.6) is 5.75 Å². The van der Waals surface area contributed by atoms with Crippen molar-refractivity contribution >= 4 is 17.4 Å². The van der Waals surface area contributed by atoms with E-state index in [0.29, 0.717) is 49.7 Å². The number of non-ortho nitro benzene ring substituents is 1. The lowest BCUT2D eigenvalue weighted by Crippen LogP contribution is -2.49. The second kappa shape index (κ2) is 11.3. The van der Waals surface area contributed by atoms with Gasteiger partial charge in [0, 0.05) is 67.1 Å². The lowest BCUT2D eigenvalue weighted by Gasteiger charge is -2.36. The number of aromatic nitrogens is 2. The Morgan fingerprint density at radius 2 is 1.59 bits per heavy atom. The largest absolute Gasteiger partial charge is 0.497 e. The average molecular weight is 524 g/mol. The molecule has 1 saturated heterocycles. The first kappa shape index (κ1) is 25.8. The minimum atomic E-state index is -0.398. The van der Waals surface area contributed by atoms with Gasteiger partial charge in [0.1, 0.15) is 11.6 Å². The van der Waals surface area contributed by atoms with Gasteiger partial charge in [-0.2, -0.15) is 0 Å². The molecule has 1 aliphatic heterocycles. The van der Waals surface area contributed by atoms with Crippen LogP contribution in [-0.4, -0.2) is 59.0 Å². The van der Waals surface area contributed by atoms with E-state index < -0.39 is 4.92 Å². The molecule has 39 heavy (non-hydrogen) atoms. The number of ether oxygens (including phenoxy) is 1. The fourth-order valence-electron chi connectivity index (χ4n) is 4.74. The third-order valence-electron chi connectivity index (χ3n) is 6.96. The number of anilines is 1. The summed E-state index contributed by atoms with van der Waals surface area (Å²) in [6.45, 7) is 4.35. The number of rotatable bonds is 7. The summed E-state index contributed by atoms with van der Waals surface area (Å²) in [7, 11) is 1.60. The number of amides is 1. The van der Waals surface area contributed by atoms with E-state index in [9.17, 15) is 14.9 Å². The topological polar surface area (TPSA) is 102 Å². The minimum absolute atomic E-state index is 0.00718. The van der Waals surface area contributed by atoms with Crippen LogP contribution in [0.3, 0.4) is 0 Å². The van der Waals surface area contributed by atoms with E-state index in [0.717, 1.165) is 28.2 Å².